The SMILES string of the molecule is [B]CC(=O)CCCCCC(=O)CN(CC(=O)CCCCCCC(=O)N[C@@H](CC(=O)N[B])C(=O)C[B])CC(=O)CCCCCCC(=O)C(C)(C)C. The molecule has 0 aliphatic rings. The highest BCUT2D eigenvalue weighted by Crippen LogP contribution is 2.19. The highest BCUT2D eigenvalue weighted by Gasteiger charge is 2.22. The van der Waals surface area contributed by atoms with E-state index in [9.17, 15) is 38.4 Å². The fraction of sp³-hybridized carbons (Fsp3) is 0.778. The number of amides is 2. The summed E-state index contributed by atoms with van der Waals surface area (Å²) >= 11 is 0. The van der Waals surface area contributed by atoms with Gasteiger partial charge in [0.05, 0.1) is 47.8 Å². The van der Waals surface area contributed by atoms with Crippen molar-refractivity contribution >= 4 is 70.2 Å². The third-order valence-corrected chi connectivity index (χ3v) is 8.37. The number of Topliss-reactive ketones (excluding diaryl/α,β-unsaturated/α-hetero) is 6. The highest BCUT2D eigenvalue weighted by atomic mass is 16.2. The molecule has 2 N–H and O–H groups in total. The average molecular weight is 693 g/mol. The number of carbonyl (C=O) groups is 8. The van der Waals surface area contributed by atoms with Crippen LogP contribution in [0.15, 0.2) is 0 Å². The molecule has 0 aromatic carbocycles. The van der Waals surface area contributed by atoms with Gasteiger partial charge in [-0.15, -0.1) is 0 Å². The number of nitrogens with one attached hydrogen (secondary N) is 2. The van der Waals surface area contributed by atoms with Crippen LogP contribution >= 0.6 is 0 Å². The van der Waals surface area contributed by atoms with Crippen molar-refractivity contribution in [3.8, 4) is 0 Å². The Morgan fingerprint density at radius 1 is 0.540 bits per heavy atom. The Kier molecular flexibility index (Phi) is 26.2. The molecule has 0 spiro atoms. The summed E-state index contributed by atoms with van der Waals surface area (Å²) in [6.45, 7) is 5.74. The van der Waals surface area contributed by atoms with Gasteiger partial charge in [0.25, 0.3) is 0 Å². The third kappa shape index (κ3) is 25.1. The Labute approximate surface area is 303 Å². The summed E-state index contributed by atoms with van der Waals surface area (Å²) in [7, 11) is 15.8. The van der Waals surface area contributed by atoms with Crippen LogP contribution in [0.4, 0.5) is 0 Å². The number of unbranched alkanes of at least 4 members (excludes halogenated alkanes) is 8. The average Bonchev–Trinajstić information content (AvgIpc) is 3.05. The van der Waals surface area contributed by atoms with Gasteiger partial charge in [-0.2, -0.15) is 0 Å². The number of nitrogens with zero attached hydrogens (tertiary/aromatic N) is 1. The lowest BCUT2D eigenvalue weighted by atomic mass is 9.88. The minimum absolute atomic E-state index is 0.00380. The van der Waals surface area contributed by atoms with Gasteiger partial charge in [-0.05, 0) is 51.2 Å². The summed E-state index contributed by atoms with van der Waals surface area (Å²) in [5.41, 5.74) is -0.346. The summed E-state index contributed by atoms with van der Waals surface area (Å²) in [5, 5.41) is 4.44. The van der Waals surface area contributed by atoms with Crippen molar-refractivity contribution in [3.05, 3.63) is 0 Å². The normalized spacial score (nSPS) is 11.9. The van der Waals surface area contributed by atoms with E-state index in [4.69, 9.17) is 23.7 Å². The maximum atomic E-state index is 12.9. The zero-order valence-electron chi connectivity index (χ0n) is 30.8. The van der Waals surface area contributed by atoms with Crippen molar-refractivity contribution in [3.63, 3.8) is 0 Å². The monoisotopic (exact) mass is 693 g/mol. The lowest BCUT2D eigenvalue weighted by Gasteiger charge is -2.20. The minimum Gasteiger partial charge on any atom is -0.409 e. The van der Waals surface area contributed by atoms with Crippen molar-refractivity contribution in [1.29, 1.82) is 0 Å². The van der Waals surface area contributed by atoms with Gasteiger partial charge in [-0.3, -0.25) is 38.5 Å². The molecule has 0 aliphatic heterocycles. The molecule has 0 rings (SSSR count). The Balaban J connectivity index is 4.74. The second kappa shape index (κ2) is 27.8. The number of hydrogen-bond donors (Lipinski definition) is 2. The van der Waals surface area contributed by atoms with E-state index in [1.165, 1.54) is 0 Å². The van der Waals surface area contributed by atoms with Crippen LogP contribution in [0.2, 0.25) is 12.6 Å². The Bertz CT molecular complexity index is 1110. The van der Waals surface area contributed by atoms with E-state index in [1.807, 2.05) is 26.0 Å². The van der Waals surface area contributed by atoms with Crippen molar-refractivity contribution in [2.24, 2.45) is 5.41 Å². The lowest BCUT2D eigenvalue weighted by Crippen LogP contribution is -2.43. The Morgan fingerprint density at radius 3 is 1.34 bits per heavy atom. The summed E-state index contributed by atoms with van der Waals surface area (Å²) in [6.07, 6.45) is 9.01. The second-order valence-corrected chi connectivity index (χ2v) is 14.1. The summed E-state index contributed by atoms with van der Waals surface area (Å²) in [5.74, 6) is -1.41. The topological polar surface area (TPSA) is 164 Å². The molecular formula is C36H58B3N3O8. The van der Waals surface area contributed by atoms with Crippen molar-refractivity contribution < 1.29 is 38.4 Å². The fourth-order valence-electron chi connectivity index (χ4n) is 5.27. The van der Waals surface area contributed by atoms with Gasteiger partial charge < -0.3 is 15.3 Å². The minimum atomic E-state index is -1.04. The molecule has 6 radical (unpaired) electrons. The number of hydrogen-bond acceptors (Lipinski definition) is 9. The maximum Gasteiger partial charge on any atom is 0.226 e. The molecule has 0 aliphatic carbocycles. The number of ketones is 6. The third-order valence-electron chi connectivity index (χ3n) is 8.37. The molecule has 1 atom stereocenters. The van der Waals surface area contributed by atoms with Gasteiger partial charge in [-0.25, -0.2) is 0 Å². The van der Waals surface area contributed by atoms with Gasteiger partial charge in [0.15, 0.2) is 0 Å². The van der Waals surface area contributed by atoms with E-state index >= 15 is 0 Å². The first-order valence-corrected chi connectivity index (χ1v) is 18.2. The Morgan fingerprint density at radius 2 is 0.940 bits per heavy atom. The van der Waals surface area contributed by atoms with Crippen molar-refractivity contribution in [2.75, 3.05) is 19.6 Å². The molecule has 0 saturated heterocycles. The lowest BCUT2D eigenvalue weighted by molar-refractivity contribution is -0.129. The molecule has 50 heavy (non-hydrogen) atoms. The second-order valence-electron chi connectivity index (χ2n) is 14.1. The fourth-order valence-corrected chi connectivity index (χ4v) is 5.27. The zero-order chi connectivity index (χ0) is 38.0. The zero-order valence-corrected chi connectivity index (χ0v) is 30.8. The molecule has 0 aromatic rings. The number of carbonyl (C=O) groups excluding carboxylic acids is 8. The van der Waals surface area contributed by atoms with E-state index in [-0.39, 0.29) is 91.8 Å². The van der Waals surface area contributed by atoms with Crippen LogP contribution in [-0.2, 0) is 38.4 Å². The predicted octanol–water partition coefficient (Wildman–Crippen LogP) is 3.63. The molecule has 14 heteroatoms. The first-order valence-electron chi connectivity index (χ1n) is 18.2. The molecule has 0 aromatic heterocycles. The Hall–Kier alpha value is -2.89. The largest absolute Gasteiger partial charge is 0.409 e. The standard InChI is InChI=1S/C36H58B3N3O8/c1-36(2,3)33(48)19-13-6-4-9-16-28(44)24-42(26-30(46)18-12-8-11-15-27(43)22-37)25-29(45)17-10-5-7-14-20-34(49)40-31(32(47)23-38)21-35(50)41-39/h31H,4-26H2,1-3H3,(H,40,49)(H,41,50)/t31-/m0/s1. The van der Waals surface area contributed by atoms with Gasteiger partial charge >= 0.3 is 0 Å². The van der Waals surface area contributed by atoms with E-state index in [1.54, 1.807) is 4.90 Å². The van der Waals surface area contributed by atoms with Crippen LogP contribution in [0.5, 0.6) is 0 Å². The molecular weight excluding hydrogens is 635 g/mol. The molecule has 0 saturated carbocycles. The molecule has 2 amide bonds. The molecule has 0 bridgehead atoms. The molecule has 0 heterocycles. The molecule has 11 nitrogen and oxygen atoms in total. The van der Waals surface area contributed by atoms with Crippen LogP contribution in [0.1, 0.15) is 136 Å². The predicted molar refractivity (Wildman–Crippen MR) is 196 cm³/mol. The van der Waals surface area contributed by atoms with Crippen LogP contribution in [-0.4, -0.2) is 101 Å². The molecule has 274 valence electrons. The van der Waals surface area contributed by atoms with Crippen molar-refractivity contribution in [1.82, 2.24) is 15.4 Å². The smallest absolute Gasteiger partial charge is 0.226 e. The van der Waals surface area contributed by atoms with Gasteiger partial charge in [0, 0.05) is 43.9 Å². The quantitative estimate of drug-likeness (QED) is 0.0792. The van der Waals surface area contributed by atoms with Gasteiger partial charge in [0.2, 0.25) is 19.8 Å². The van der Waals surface area contributed by atoms with Crippen LogP contribution < -0.4 is 10.5 Å². The van der Waals surface area contributed by atoms with Crippen LogP contribution in [0.25, 0.3) is 0 Å². The van der Waals surface area contributed by atoms with Gasteiger partial charge in [-0.1, -0.05) is 52.9 Å². The number of rotatable bonds is 32. The van der Waals surface area contributed by atoms with E-state index in [0.29, 0.717) is 70.6 Å². The maximum absolute atomic E-state index is 12.9. The summed E-state index contributed by atoms with van der Waals surface area (Å²) in [6, 6.07) is -1.04. The van der Waals surface area contributed by atoms with E-state index < -0.39 is 17.7 Å². The molecule has 0 unspecified atom stereocenters. The molecule has 0 fully saturated rings. The van der Waals surface area contributed by atoms with Gasteiger partial charge in [0.1, 0.15) is 34.7 Å². The summed E-state index contributed by atoms with van der Waals surface area (Å²) in [4.78, 5) is 99.3. The van der Waals surface area contributed by atoms with Crippen molar-refractivity contribution in [2.45, 2.75) is 155 Å². The van der Waals surface area contributed by atoms with E-state index in [2.05, 4.69) is 5.32 Å². The first-order chi connectivity index (χ1) is 23.6. The summed E-state index contributed by atoms with van der Waals surface area (Å²) < 4.78 is 0. The highest BCUT2D eigenvalue weighted by molar-refractivity contribution is 6.22. The van der Waals surface area contributed by atoms with E-state index in [0.717, 1.165) is 25.7 Å². The van der Waals surface area contributed by atoms with Crippen LogP contribution in [0, 0.1) is 5.41 Å². The van der Waals surface area contributed by atoms with Crippen LogP contribution in [0.3, 0.4) is 0 Å². The first kappa shape index (κ1) is 47.1.